The molecule has 2 heterocycles. The highest BCUT2D eigenvalue weighted by atomic mass is 16.3. The van der Waals surface area contributed by atoms with Gasteiger partial charge in [-0.3, -0.25) is 0 Å². The van der Waals surface area contributed by atoms with Crippen molar-refractivity contribution in [1.29, 1.82) is 0 Å². The van der Waals surface area contributed by atoms with E-state index in [1.807, 2.05) is 84.9 Å². The third-order valence-electron chi connectivity index (χ3n) is 7.90. The molecular weight excluding hydrogens is 554 g/mol. The van der Waals surface area contributed by atoms with Crippen molar-refractivity contribution in [3.63, 3.8) is 0 Å². The number of hydrogen-bond donors (Lipinski definition) is 3. The molecule has 216 valence electrons. The molecule has 3 N–H and O–H groups in total. The SMILES string of the molecule is c1ccc(Nc2ccccc2Nc2cccc(C3=NC(c4cccc5c4oc4ccccc45)=NC(c4ccccc4)N3)c2)cc1. The Morgan fingerprint density at radius 1 is 0.578 bits per heavy atom. The number of para-hydroxylation sites is 5. The zero-order valence-electron chi connectivity index (χ0n) is 24.3. The van der Waals surface area contributed by atoms with E-state index in [-0.39, 0.29) is 6.17 Å². The lowest BCUT2D eigenvalue weighted by Crippen LogP contribution is -2.33. The highest BCUT2D eigenvalue weighted by Gasteiger charge is 2.23. The van der Waals surface area contributed by atoms with Crippen LogP contribution in [0.4, 0.5) is 22.7 Å². The average molecular weight is 584 g/mol. The molecule has 0 aliphatic carbocycles. The smallest absolute Gasteiger partial charge is 0.163 e. The predicted octanol–water partition coefficient (Wildman–Crippen LogP) is 9.57. The van der Waals surface area contributed by atoms with Crippen molar-refractivity contribution in [2.24, 2.45) is 9.98 Å². The average Bonchev–Trinajstić information content (AvgIpc) is 3.49. The minimum absolute atomic E-state index is 0.319. The Balaban J connectivity index is 1.18. The predicted molar refractivity (Wildman–Crippen MR) is 185 cm³/mol. The van der Waals surface area contributed by atoms with Crippen molar-refractivity contribution in [3.8, 4) is 0 Å². The van der Waals surface area contributed by atoms with Crippen molar-refractivity contribution < 1.29 is 4.42 Å². The monoisotopic (exact) mass is 583 g/mol. The molecule has 0 amide bonds. The summed E-state index contributed by atoms with van der Waals surface area (Å²) in [5.41, 5.74) is 8.41. The van der Waals surface area contributed by atoms with Crippen LogP contribution < -0.4 is 16.0 Å². The van der Waals surface area contributed by atoms with Crippen LogP contribution in [0.1, 0.15) is 22.9 Å². The number of fused-ring (bicyclic) bond motifs is 3. The van der Waals surface area contributed by atoms with Crippen molar-refractivity contribution >= 4 is 56.4 Å². The molecule has 0 bridgehead atoms. The van der Waals surface area contributed by atoms with E-state index < -0.39 is 0 Å². The van der Waals surface area contributed by atoms with Crippen molar-refractivity contribution in [2.75, 3.05) is 10.6 Å². The van der Waals surface area contributed by atoms with E-state index in [9.17, 15) is 0 Å². The van der Waals surface area contributed by atoms with Gasteiger partial charge in [-0.15, -0.1) is 0 Å². The fourth-order valence-corrected chi connectivity index (χ4v) is 5.72. The molecule has 1 atom stereocenters. The first-order valence-corrected chi connectivity index (χ1v) is 15.0. The second-order valence-electron chi connectivity index (χ2n) is 10.9. The lowest BCUT2D eigenvalue weighted by atomic mass is 10.1. The molecule has 1 aliphatic rings. The van der Waals surface area contributed by atoms with Gasteiger partial charge in [0.1, 0.15) is 23.2 Å². The Bertz CT molecular complexity index is 2200. The summed E-state index contributed by atoms with van der Waals surface area (Å²) >= 11 is 0. The standard InChI is InChI=1S/C39H29N5O/c1-3-13-26(14-4-1)37-42-38(44-39(43-37)32-21-12-20-31-30-19-7-10-24-35(30)45-36(31)32)27-15-11-18-29(25-27)41-34-23-9-8-22-33(34)40-28-16-5-2-6-17-28/h1-25,37,40-41H,(H,42,43,44). The summed E-state index contributed by atoms with van der Waals surface area (Å²) in [4.78, 5) is 10.2. The van der Waals surface area contributed by atoms with Crippen LogP contribution in [0.2, 0.25) is 0 Å². The summed E-state index contributed by atoms with van der Waals surface area (Å²) in [6, 6.07) is 51.1. The molecule has 45 heavy (non-hydrogen) atoms. The van der Waals surface area contributed by atoms with Crippen molar-refractivity contribution in [2.45, 2.75) is 6.17 Å². The molecule has 1 unspecified atom stereocenters. The molecule has 0 saturated heterocycles. The quantitative estimate of drug-likeness (QED) is 0.175. The summed E-state index contributed by atoms with van der Waals surface area (Å²) in [5.74, 6) is 1.36. The number of benzene rings is 6. The van der Waals surface area contributed by atoms with Crippen LogP contribution >= 0.6 is 0 Å². The van der Waals surface area contributed by atoms with Gasteiger partial charge in [-0.05, 0) is 54.1 Å². The normalized spacial score (nSPS) is 14.4. The summed E-state index contributed by atoms with van der Waals surface area (Å²) in [7, 11) is 0. The molecular formula is C39H29N5O. The molecule has 6 heteroatoms. The van der Waals surface area contributed by atoms with E-state index in [4.69, 9.17) is 14.4 Å². The third-order valence-corrected chi connectivity index (χ3v) is 7.90. The maximum absolute atomic E-state index is 6.37. The van der Waals surface area contributed by atoms with Gasteiger partial charge in [0.05, 0.1) is 16.9 Å². The molecule has 6 aromatic carbocycles. The van der Waals surface area contributed by atoms with Crippen LogP contribution in [-0.4, -0.2) is 11.7 Å². The lowest BCUT2D eigenvalue weighted by molar-refractivity contribution is 0.663. The Labute approximate surface area is 260 Å². The Morgan fingerprint density at radius 2 is 1.22 bits per heavy atom. The second-order valence-corrected chi connectivity index (χ2v) is 10.9. The highest BCUT2D eigenvalue weighted by molar-refractivity contribution is 6.19. The van der Waals surface area contributed by atoms with E-state index in [1.54, 1.807) is 0 Å². The maximum Gasteiger partial charge on any atom is 0.163 e. The number of rotatable bonds is 7. The van der Waals surface area contributed by atoms with Crippen LogP contribution in [0.3, 0.4) is 0 Å². The zero-order chi connectivity index (χ0) is 30.0. The summed E-state index contributed by atoms with van der Waals surface area (Å²) in [5, 5.41) is 12.8. The highest BCUT2D eigenvalue weighted by Crippen LogP contribution is 2.33. The number of aliphatic imine (C=N–C) groups is 2. The number of nitrogens with one attached hydrogen (secondary N) is 3. The Hall–Kier alpha value is -6.14. The first kappa shape index (κ1) is 26.5. The minimum atomic E-state index is -0.319. The zero-order valence-corrected chi connectivity index (χ0v) is 24.3. The van der Waals surface area contributed by atoms with Gasteiger partial charge in [-0.2, -0.15) is 0 Å². The van der Waals surface area contributed by atoms with Crippen LogP contribution in [-0.2, 0) is 0 Å². The lowest BCUT2D eigenvalue weighted by Gasteiger charge is -2.24. The fourth-order valence-electron chi connectivity index (χ4n) is 5.72. The van der Waals surface area contributed by atoms with Gasteiger partial charge < -0.3 is 20.4 Å². The maximum atomic E-state index is 6.37. The summed E-state index contributed by atoms with van der Waals surface area (Å²) < 4.78 is 6.37. The molecule has 7 aromatic rings. The van der Waals surface area contributed by atoms with Gasteiger partial charge in [0.25, 0.3) is 0 Å². The van der Waals surface area contributed by atoms with Crippen LogP contribution in [0.15, 0.2) is 166 Å². The fraction of sp³-hybridized carbons (Fsp3) is 0.0256. The molecule has 0 radical (unpaired) electrons. The van der Waals surface area contributed by atoms with Gasteiger partial charge in [0.15, 0.2) is 5.84 Å². The second kappa shape index (κ2) is 11.5. The van der Waals surface area contributed by atoms with E-state index >= 15 is 0 Å². The third kappa shape index (κ3) is 5.30. The van der Waals surface area contributed by atoms with Crippen LogP contribution in [0.25, 0.3) is 21.9 Å². The number of nitrogens with zero attached hydrogens (tertiary/aromatic N) is 2. The molecule has 0 saturated carbocycles. The van der Waals surface area contributed by atoms with Crippen molar-refractivity contribution in [3.05, 3.63) is 168 Å². The molecule has 6 nitrogen and oxygen atoms in total. The van der Waals surface area contributed by atoms with Crippen molar-refractivity contribution in [1.82, 2.24) is 5.32 Å². The number of furan rings is 1. The number of anilines is 4. The van der Waals surface area contributed by atoms with Gasteiger partial charge in [0.2, 0.25) is 0 Å². The Morgan fingerprint density at radius 3 is 2.04 bits per heavy atom. The van der Waals surface area contributed by atoms with Gasteiger partial charge in [0, 0.05) is 27.7 Å². The summed E-state index contributed by atoms with van der Waals surface area (Å²) in [6.07, 6.45) is -0.319. The van der Waals surface area contributed by atoms with Gasteiger partial charge in [-0.25, -0.2) is 9.98 Å². The van der Waals surface area contributed by atoms with E-state index in [1.165, 1.54) is 0 Å². The van der Waals surface area contributed by atoms with Crippen LogP contribution in [0, 0.1) is 0 Å². The molecule has 0 spiro atoms. The van der Waals surface area contributed by atoms with Gasteiger partial charge >= 0.3 is 0 Å². The van der Waals surface area contributed by atoms with E-state index in [0.717, 1.165) is 67.2 Å². The van der Waals surface area contributed by atoms with Crippen LogP contribution in [0.5, 0.6) is 0 Å². The Kier molecular flexibility index (Phi) is 6.77. The van der Waals surface area contributed by atoms with E-state index in [0.29, 0.717) is 5.84 Å². The molecule has 1 aliphatic heterocycles. The molecule has 0 fully saturated rings. The molecule has 8 rings (SSSR count). The first-order chi connectivity index (χ1) is 22.3. The van der Waals surface area contributed by atoms with E-state index in [2.05, 4.69) is 82.7 Å². The summed E-state index contributed by atoms with van der Waals surface area (Å²) in [6.45, 7) is 0. The first-order valence-electron chi connectivity index (χ1n) is 15.0. The largest absolute Gasteiger partial charge is 0.455 e. The topological polar surface area (TPSA) is 74.0 Å². The molecule has 1 aromatic heterocycles. The minimum Gasteiger partial charge on any atom is -0.455 e. The number of amidine groups is 2. The van der Waals surface area contributed by atoms with Gasteiger partial charge in [-0.1, -0.05) is 103 Å². The number of hydrogen-bond acceptors (Lipinski definition) is 6.